The van der Waals surface area contributed by atoms with Crippen LogP contribution < -0.4 is 0 Å². The van der Waals surface area contributed by atoms with Crippen LogP contribution in [0.3, 0.4) is 0 Å². The zero-order valence-corrected chi connectivity index (χ0v) is 15.9. The van der Waals surface area contributed by atoms with Crippen molar-refractivity contribution in [1.82, 2.24) is 20.0 Å². The van der Waals surface area contributed by atoms with E-state index < -0.39 is 12.1 Å². The second-order valence-corrected chi connectivity index (χ2v) is 6.85. The summed E-state index contributed by atoms with van der Waals surface area (Å²) in [7, 11) is 0. The third-order valence-electron chi connectivity index (χ3n) is 4.79. The highest BCUT2D eigenvalue weighted by Crippen LogP contribution is 2.36. The average molecular weight is 428 g/mol. The number of pyridine rings is 1. The first kappa shape index (κ1) is 21.7. The van der Waals surface area contributed by atoms with Crippen molar-refractivity contribution in [3.8, 4) is 0 Å². The third kappa shape index (κ3) is 4.93. The van der Waals surface area contributed by atoms with Gasteiger partial charge in [0.15, 0.2) is 5.82 Å². The number of carbonyl (C=O) groups excluding carboxylic acids is 1. The number of hydrogen-bond donors (Lipinski definition) is 1. The van der Waals surface area contributed by atoms with E-state index in [1.807, 2.05) is 11.0 Å². The number of aryl methyl sites for hydroxylation is 1. The Morgan fingerprint density at radius 2 is 2.03 bits per heavy atom. The standard InChI is InChI=1S/C16H18N4O3.C2HF3O2/c1-10-18-15(23-19-10)11-8-14-13(5-7-22-14)20(9-11)16(21)12-4-2-3-6-17-12;3-2(4,5)1(6)7/h2-4,6,11,13-14H,5,7-9H2,1H3;(H,6,7)/t11-,13+,14+;/m0./s1. The number of carbonyl (C=O) groups is 2. The summed E-state index contributed by atoms with van der Waals surface area (Å²) in [5.74, 6) is -1.63. The molecule has 0 spiro atoms. The lowest BCUT2D eigenvalue weighted by Gasteiger charge is -2.39. The molecule has 0 aromatic carbocycles. The molecule has 0 aliphatic carbocycles. The second kappa shape index (κ2) is 8.78. The summed E-state index contributed by atoms with van der Waals surface area (Å²) in [6.45, 7) is 3.03. The summed E-state index contributed by atoms with van der Waals surface area (Å²) in [5, 5.41) is 11.0. The minimum absolute atomic E-state index is 0.00297. The Morgan fingerprint density at radius 3 is 2.60 bits per heavy atom. The number of likely N-dealkylation sites (tertiary alicyclic amines) is 1. The van der Waals surface area contributed by atoms with Crippen LogP contribution in [0.1, 0.15) is 41.0 Å². The van der Waals surface area contributed by atoms with Crippen LogP contribution in [0.4, 0.5) is 13.2 Å². The van der Waals surface area contributed by atoms with Gasteiger partial charge in [-0.15, -0.1) is 0 Å². The smallest absolute Gasteiger partial charge is 0.475 e. The third-order valence-corrected chi connectivity index (χ3v) is 4.79. The van der Waals surface area contributed by atoms with Gasteiger partial charge in [0, 0.05) is 19.3 Å². The Balaban J connectivity index is 0.000000318. The van der Waals surface area contributed by atoms with E-state index in [9.17, 15) is 18.0 Å². The van der Waals surface area contributed by atoms with Crippen LogP contribution in [-0.4, -0.2) is 68.5 Å². The highest BCUT2D eigenvalue weighted by molar-refractivity contribution is 5.92. The van der Waals surface area contributed by atoms with Gasteiger partial charge in [-0.2, -0.15) is 18.2 Å². The summed E-state index contributed by atoms with van der Waals surface area (Å²) in [6.07, 6.45) is -1.76. The first-order valence-electron chi connectivity index (χ1n) is 9.10. The van der Waals surface area contributed by atoms with Gasteiger partial charge < -0.3 is 19.3 Å². The molecule has 1 N–H and O–H groups in total. The van der Waals surface area contributed by atoms with Crippen LogP contribution >= 0.6 is 0 Å². The molecule has 2 aliphatic heterocycles. The molecule has 0 saturated carbocycles. The number of amides is 1. The molecular formula is C18H19F3N4O5. The normalized spacial score (nSPS) is 23.3. The van der Waals surface area contributed by atoms with Gasteiger partial charge in [-0.25, -0.2) is 4.79 Å². The number of carboxylic acids is 1. The molecule has 0 radical (unpaired) electrons. The molecule has 1 amide bonds. The SMILES string of the molecule is Cc1noc([C@H]2C[C@H]3OCC[C@H]3N(C(=O)c3ccccn3)C2)n1.O=C(O)C(F)(F)F. The highest BCUT2D eigenvalue weighted by Gasteiger charge is 2.44. The zero-order chi connectivity index (χ0) is 21.9. The number of ether oxygens (including phenoxy) is 1. The first-order valence-corrected chi connectivity index (χ1v) is 9.10. The molecule has 2 aliphatic rings. The second-order valence-electron chi connectivity index (χ2n) is 6.85. The molecule has 2 aromatic heterocycles. The largest absolute Gasteiger partial charge is 0.490 e. The number of piperidine rings is 1. The van der Waals surface area contributed by atoms with Gasteiger partial charge in [0.2, 0.25) is 5.89 Å². The van der Waals surface area contributed by atoms with Gasteiger partial charge in [0.05, 0.1) is 18.1 Å². The van der Waals surface area contributed by atoms with Gasteiger partial charge in [-0.05, 0) is 31.9 Å². The Bertz CT molecular complexity index is 889. The fourth-order valence-electron chi connectivity index (χ4n) is 3.47. The van der Waals surface area contributed by atoms with Gasteiger partial charge in [-0.1, -0.05) is 11.2 Å². The molecule has 2 fully saturated rings. The number of nitrogens with zero attached hydrogens (tertiary/aromatic N) is 4. The van der Waals surface area contributed by atoms with Crippen molar-refractivity contribution in [1.29, 1.82) is 0 Å². The number of rotatable bonds is 2. The maximum atomic E-state index is 12.9. The predicted molar refractivity (Wildman–Crippen MR) is 93.5 cm³/mol. The lowest BCUT2D eigenvalue weighted by Crippen LogP contribution is -2.51. The zero-order valence-electron chi connectivity index (χ0n) is 15.9. The van der Waals surface area contributed by atoms with E-state index in [1.165, 1.54) is 0 Å². The molecule has 4 rings (SSSR count). The van der Waals surface area contributed by atoms with Crippen LogP contribution in [-0.2, 0) is 9.53 Å². The van der Waals surface area contributed by atoms with Crippen molar-refractivity contribution in [3.63, 3.8) is 0 Å². The van der Waals surface area contributed by atoms with Crippen LogP contribution in [0, 0.1) is 6.92 Å². The fourth-order valence-corrected chi connectivity index (χ4v) is 3.47. The van der Waals surface area contributed by atoms with Gasteiger partial charge >= 0.3 is 12.1 Å². The Kier molecular flexibility index (Phi) is 6.34. The maximum absolute atomic E-state index is 12.9. The van der Waals surface area contributed by atoms with Crippen molar-refractivity contribution in [2.24, 2.45) is 0 Å². The van der Waals surface area contributed by atoms with E-state index in [-0.39, 0.29) is 24.0 Å². The summed E-state index contributed by atoms with van der Waals surface area (Å²) in [4.78, 5) is 32.1. The molecule has 9 nitrogen and oxygen atoms in total. The Morgan fingerprint density at radius 1 is 1.30 bits per heavy atom. The van der Waals surface area contributed by atoms with E-state index in [0.29, 0.717) is 30.6 Å². The highest BCUT2D eigenvalue weighted by atomic mass is 19.4. The van der Waals surface area contributed by atoms with Crippen LogP contribution in [0.2, 0.25) is 0 Å². The molecule has 0 bridgehead atoms. The molecule has 0 unspecified atom stereocenters. The van der Waals surface area contributed by atoms with E-state index in [4.69, 9.17) is 19.2 Å². The van der Waals surface area contributed by atoms with E-state index in [0.717, 1.165) is 12.8 Å². The molecule has 3 atom stereocenters. The summed E-state index contributed by atoms with van der Waals surface area (Å²) in [6, 6.07) is 5.47. The van der Waals surface area contributed by atoms with Crippen molar-refractivity contribution in [2.75, 3.05) is 13.2 Å². The molecule has 12 heteroatoms. The minimum atomic E-state index is -5.08. The summed E-state index contributed by atoms with van der Waals surface area (Å²) < 4.78 is 42.9. The number of hydrogen-bond acceptors (Lipinski definition) is 7. The quantitative estimate of drug-likeness (QED) is 0.773. The van der Waals surface area contributed by atoms with Crippen molar-refractivity contribution in [3.05, 3.63) is 41.8 Å². The number of aromatic nitrogens is 3. The summed E-state index contributed by atoms with van der Waals surface area (Å²) in [5.41, 5.74) is 0.459. The number of fused-ring (bicyclic) bond motifs is 1. The first-order chi connectivity index (χ1) is 14.2. The number of aliphatic carboxylic acids is 1. The molecular weight excluding hydrogens is 409 g/mol. The Labute approximate surface area is 168 Å². The van der Waals surface area contributed by atoms with Crippen LogP contribution in [0.15, 0.2) is 28.9 Å². The minimum Gasteiger partial charge on any atom is -0.475 e. The van der Waals surface area contributed by atoms with E-state index >= 15 is 0 Å². The maximum Gasteiger partial charge on any atom is 0.490 e. The molecule has 2 saturated heterocycles. The van der Waals surface area contributed by atoms with Crippen LogP contribution in [0.25, 0.3) is 0 Å². The van der Waals surface area contributed by atoms with Gasteiger partial charge in [-0.3, -0.25) is 9.78 Å². The lowest BCUT2D eigenvalue weighted by atomic mass is 9.89. The number of carboxylic acid groups (broad SMARTS) is 1. The summed E-state index contributed by atoms with van der Waals surface area (Å²) >= 11 is 0. The fraction of sp³-hybridized carbons (Fsp3) is 0.500. The average Bonchev–Trinajstić information content (AvgIpc) is 3.36. The Hall–Kier alpha value is -3.02. The van der Waals surface area contributed by atoms with E-state index in [1.54, 1.807) is 25.3 Å². The van der Waals surface area contributed by atoms with Crippen molar-refractivity contribution < 1.29 is 37.1 Å². The monoisotopic (exact) mass is 428 g/mol. The lowest BCUT2D eigenvalue weighted by molar-refractivity contribution is -0.192. The van der Waals surface area contributed by atoms with Crippen molar-refractivity contribution >= 4 is 11.9 Å². The predicted octanol–water partition coefficient (Wildman–Crippen LogP) is 2.19. The van der Waals surface area contributed by atoms with Crippen LogP contribution in [0.5, 0.6) is 0 Å². The number of alkyl halides is 3. The molecule has 30 heavy (non-hydrogen) atoms. The van der Waals surface area contributed by atoms with E-state index in [2.05, 4.69) is 15.1 Å². The number of halogens is 3. The molecule has 2 aromatic rings. The topological polar surface area (TPSA) is 119 Å². The van der Waals surface area contributed by atoms with Gasteiger partial charge in [0.25, 0.3) is 5.91 Å². The molecule has 162 valence electrons. The molecule has 4 heterocycles. The van der Waals surface area contributed by atoms with Gasteiger partial charge in [0.1, 0.15) is 5.69 Å². The van der Waals surface area contributed by atoms with Crippen molar-refractivity contribution in [2.45, 2.75) is 44.0 Å².